The Bertz CT molecular complexity index is 822. The number of benzene rings is 1. The fraction of sp³-hybridized carbons (Fsp3) is 0.444. The van der Waals surface area contributed by atoms with Crippen LogP contribution < -0.4 is 15.5 Å². The van der Waals surface area contributed by atoms with E-state index >= 15 is 0 Å². The third-order valence-electron chi connectivity index (χ3n) is 3.57. The van der Waals surface area contributed by atoms with Crippen molar-refractivity contribution in [2.24, 2.45) is 5.41 Å². The Balaban J connectivity index is 2.27. The molecule has 0 spiro atoms. The first-order valence-corrected chi connectivity index (χ1v) is 8.80. The van der Waals surface area contributed by atoms with E-state index in [1.54, 1.807) is 12.1 Å². The van der Waals surface area contributed by atoms with Gasteiger partial charge in [-0.05, 0) is 41.6 Å². The minimum absolute atomic E-state index is 0.0753. The number of hydrogen-bond acceptors (Lipinski definition) is 7. The van der Waals surface area contributed by atoms with Crippen molar-refractivity contribution in [3.8, 4) is 0 Å². The van der Waals surface area contributed by atoms with Gasteiger partial charge in [0, 0.05) is 25.0 Å². The Morgan fingerprint density at radius 3 is 2.59 bits per heavy atom. The van der Waals surface area contributed by atoms with E-state index in [0.717, 1.165) is 17.8 Å². The second kappa shape index (κ2) is 8.39. The van der Waals surface area contributed by atoms with E-state index in [2.05, 4.69) is 51.1 Å². The number of carbonyl (C=O) groups excluding carboxylic acids is 1. The topological polar surface area (TPSA) is 92.3 Å². The number of amides is 1. The first-order chi connectivity index (χ1) is 12.6. The molecule has 0 aliphatic carbocycles. The van der Waals surface area contributed by atoms with Crippen LogP contribution in [0.3, 0.4) is 0 Å². The number of anilines is 4. The first kappa shape index (κ1) is 20.7. The molecule has 0 unspecified atom stereocenters. The second-order valence-corrected chi connectivity index (χ2v) is 7.75. The van der Waals surface area contributed by atoms with Gasteiger partial charge in [-0.1, -0.05) is 26.8 Å². The van der Waals surface area contributed by atoms with Gasteiger partial charge in [0.2, 0.25) is 17.2 Å². The van der Waals surface area contributed by atoms with E-state index in [1.807, 2.05) is 24.9 Å². The summed E-state index contributed by atoms with van der Waals surface area (Å²) in [6.45, 7) is 9.09. The number of halogens is 1. The highest BCUT2D eigenvalue weighted by atomic mass is 35.5. The molecule has 0 aliphatic rings. The Labute approximate surface area is 164 Å². The van der Waals surface area contributed by atoms with Gasteiger partial charge in [0.1, 0.15) is 0 Å². The standard InChI is InChI=1S/C18H25ClN6O2/c1-11-7-8-12(20-17(26)27-6)9-13(11)21-15-22-14(19)23-16(24-15)25(5)10-18(2,3)4/h7-9H,10H2,1-6H3,(H,20,26)(H,21,22,23,24). The lowest BCUT2D eigenvalue weighted by Crippen LogP contribution is -2.30. The van der Waals surface area contributed by atoms with Crippen LogP contribution in [0.15, 0.2) is 18.2 Å². The minimum Gasteiger partial charge on any atom is -0.453 e. The lowest BCUT2D eigenvalue weighted by molar-refractivity contribution is 0.187. The maximum Gasteiger partial charge on any atom is 0.411 e. The molecule has 0 atom stereocenters. The van der Waals surface area contributed by atoms with Crippen LogP contribution in [0, 0.1) is 12.3 Å². The second-order valence-electron chi connectivity index (χ2n) is 7.42. The summed E-state index contributed by atoms with van der Waals surface area (Å²) >= 11 is 6.09. The lowest BCUT2D eigenvalue weighted by atomic mass is 9.96. The number of aryl methyl sites for hydroxylation is 1. The molecule has 1 amide bonds. The summed E-state index contributed by atoms with van der Waals surface area (Å²) in [6, 6.07) is 5.41. The number of nitrogens with one attached hydrogen (secondary N) is 2. The summed E-state index contributed by atoms with van der Waals surface area (Å²) in [5.41, 5.74) is 2.34. The van der Waals surface area contributed by atoms with Crippen molar-refractivity contribution in [2.75, 3.05) is 36.2 Å². The summed E-state index contributed by atoms with van der Waals surface area (Å²) < 4.78 is 4.61. The predicted molar refractivity (Wildman–Crippen MR) is 108 cm³/mol. The summed E-state index contributed by atoms with van der Waals surface area (Å²) in [5, 5.41) is 5.86. The number of hydrogen-bond donors (Lipinski definition) is 2. The molecule has 2 N–H and O–H groups in total. The number of carbonyl (C=O) groups is 1. The van der Waals surface area contributed by atoms with Gasteiger partial charge in [-0.2, -0.15) is 15.0 Å². The zero-order valence-corrected chi connectivity index (χ0v) is 17.2. The molecular formula is C18H25ClN6O2. The largest absolute Gasteiger partial charge is 0.453 e. The minimum atomic E-state index is -0.543. The Morgan fingerprint density at radius 2 is 1.96 bits per heavy atom. The summed E-state index contributed by atoms with van der Waals surface area (Å²) in [7, 11) is 3.22. The van der Waals surface area contributed by atoms with Crippen LogP contribution in [0.5, 0.6) is 0 Å². The highest BCUT2D eigenvalue weighted by molar-refractivity contribution is 6.28. The predicted octanol–water partition coefficient (Wildman–Crippen LogP) is 4.24. The van der Waals surface area contributed by atoms with Crippen LogP contribution in [0.2, 0.25) is 5.28 Å². The van der Waals surface area contributed by atoms with Crippen molar-refractivity contribution in [1.29, 1.82) is 0 Å². The average molecular weight is 393 g/mol. The molecule has 0 aliphatic heterocycles. The SMILES string of the molecule is COC(=O)Nc1ccc(C)c(Nc2nc(Cl)nc(N(C)CC(C)(C)C)n2)c1. The van der Waals surface area contributed by atoms with Crippen molar-refractivity contribution >= 4 is 41.0 Å². The molecule has 2 rings (SSSR count). The highest BCUT2D eigenvalue weighted by Crippen LogP contribution is 2.25. The molecule has 1 aromatic heterocycles. The number of rotatable bonds is 5. The van der Waals surface area contributed by atoms with E-state index < -0.39 is 6.09 Å². The van der Waals surface area contributed by atoms with Gasteiger partial charge < -0.3 is 15.0 Å². The van der Waals surface area contributed by atoms with Crippen LogP contribution in [0.1, 0.15) is 26.3 Å². The third kappa shape index (κ3) is 6.25. The molecule has 8 nitrogen and oxygen atoms in total. The van der Waals surface area contributed by atoms with Crippen LogP contribution >= 0.6 is 11.6 Å². The first-order valence-electron chi connectivity index (χ1n) is 8.43. The van der Waals surface area contributed by atoms with Crippen molar-refractivity contribution in [3.63, 3.8) is 0 Å². The summed E-state index contributed by atoms with van der Waals surface area (Å²) in [6.07, 6.45) is -0.543. The lowest BCUT2D eigenvalue weighted by Gasteiger charge is -2.26. The molecule has 9 heteroatoms. The molecule has 0 saturated heterocycles. The summed E-state index contributed by atoms with van der Waals surface area (Å²) in [5.74, 6) is 0.804. The van der Waals surface area contributed by atoms with Gasteiger partial charge in [0.15, 0.2) is 0 Å². The molecule has 146 valence electrons. The molecule has 0 fully saturated rings. The Kier molecular flexibility index (Phi) is 6.43. The van der Waals surface area contributed by atoms with Crippen LogP contribution in [-0.2, 0) is 4.74 Å². The van der Waals surface area contributed by atoms with Gasteiger partial charge in [0.25, 0.3) is 0 Å². The summed E-state index contributed by atoms with van der Waals surface area (Å²) in [4.78, 5) is 26.1. The van der Waals surface area contributed by atoms with Crippen LogP contribution in [0.25, 0.3) is 0 Å². The van der Waals surface area contributed by atoms with Crippen molar-refractivity contribution in [2.45, 2.75) is 27.7 Å². The fourth-order valence-electron chi connectivity index (χ4n) is 2.47. The number of ether oxygens (including phenoxy) is 1. The zero-order valence-electron chi connectivity index (χ0n) is 16.4. The average Bonchev–Trinajstić information content (AvgIpc) is 2.55. The zero-order chi connectivity index (χ0) is 20.2. The van der Waals surface area contributed by atoms with Crippen LogP contribution in [-0.4, -0.2) is 41.7 Å². The quantitative estimate of drug-likeness (QED) is 0.786. The van der Waals surface area contributed by atoms with Crippen molar-refractivity contribution in [1.82, 2.24) is 15.0 Å². The van der Waals surface area contributed by atoms with Crippen molar-refractivity contribution < 1.29 is 9.53 Å². The number of aromatic nitrogens is 3. The van der Waals surface area contributed by atoms with Gasteiger partial charge >= 0.3 is 6.09 Å². The Hall–Kier alpha value is -2.61. The van der Waals surface area contributed by atoms with Crippen molar-refractivity contribution in [3.05, 3.63) is 29.0 Å². The van der Waals surface area contributed by atoms with E-state index in [-0.39, 0.29) is 10.7 Å². The highest BCUT2D eigenvalue weighted by Gasteiger charge is 2.17. The van der Waals surface area contributed by atoms with E-state index in [4.69, 9.17) is 11.6 Å². The van der Waals surface area contributed by atoms with E-state index in [9.17, 15) is 4.79 Å². The van der Waals surface area contributed by atoms with Gasteiger partial charge in [-0.25, -0.2) is 4.79 Å². The molecular weight excluding hydrogens is 368 g/mol. The van der Waals surface area contributed by atoms with E-state index in [1.165, 1.54) is 7.11 Å². The number of methoxy groups -OCH3 is 1. The molecule has 2 aromatic rings. The van der Waals surface area contributed by atoms with Gasteiger partial charge in [-0.15, -0.1) is 0 Å². The van der Waals surface area contributed by atoms with Crippen LogP contribution in [0.4, 0.5) is 28.1 Å². The molecule has 0 bridgehead atoms. The molecule has 1 heterocycles. The smallest absolute Gasteiger partial charge is 0.411 e. The third-order valence-corrected chi connectivity index (χ3v) is 3.73. The van der Waals surface area contributed by atoms with Gasteiger partial charge in [0.05, 0.1) is 7.11 Å². The molecule has 0 saturated carbocycles. The number of nitrogens with zero attached hydrogens (tertiary/aromatic N) is 4. The Morgan fingerprint density at radius 1 is 1.26 bits per heavy atom. The normalized spacial score (nSPS) is 11.1. The maximum absolute atomic E-state index is 11.4. The maximum atomic E-state index is 11.4. The fourth-order valence-corrected chi connectivity index (χ4v) is 2.63. The van der Waals surface area contributed by atoms with Gasteiger partial charge in [-0.3, -0.25) is 5.32 Å². The monoisotopic (exact) mass is 392 g/mol. The van der Waals surface area contributed by atoms with E-state index in [0.29, 0.717) is 17.6 Å². The molecule has 0 radical (unpaired) electrons. The molecule has 1 aromatic carbocycles. The molecule has 27 heavy (non-hydrogen) atoms.